The van der Waals surface area contributed by atoms with Gasteiger partial charge in [0.1, 0.15) is 5.75 Å². The predicted octanol–water partition coefficient (Wildman–Crippen LogP) is 4.10. The zero-order valence-corrected chi connectivity index (χ0v) is 17.4. The molecule has 6 nitrogen and oxygen atoms in total. The fraction of sp³-hybridized carbons (Fsp3) is 0.364. The highest BCUT2D eigenvalue weighted by molar-refractivity contribution is 6.30. The van der Waals surface area contributed by atoms with Crippen LogP contribution in [0.4, 0.5) is 5.69 Å². The van der Waals surface area contributed by atoms with E-state index in [-0.39, 0.29) is 18.0 Å². The second kappa shape index (κ2) is 9.76. The highest BCUT2D eigenvalue weighted by Gasteiger charge is 2.23. The minimum atomic E-state index is -0.493. The van der Waals surface area contributed by atoms with Crippen molar-refractivity contribution >= 4 is 29.1 Å². The number of rotatable bonds is 8. The third-order valence-electron chi connectivity index (χ3n) is 4.79. The summed E-state index contributed by atoms with van der Waals surface area (Å²) in [5.41, 5.74) is 2.23. The molecule has 1 aliphatic rings. The van der Waals surface area contributed by atoms with Crippen LogP contribution in [0.25, 0.3) is 0 Å². The van der Waals surface area contributed by atoms with Crippen molar-refractivity contribution in [3.05, 3.63) is 58.6 Å². The van der Waals surface area contributed by atoms with Crippen LogP contribution in [0.3, 0.4) is 0 Å². The van der Waals surface area contributed by atoms with Crippen LogP contribution in [0.5, 0.6) is 5.75 Å². The molecule has 0 aromatic heterocycles. The number of carbonyl (C=O) groups excluding carboxylic acids is 2. The number of benzene rings is 2. The first-order chi connectivity index (χ1) is 14.0. The molecule has 0 aliphatic carbocycles. The second-order valence-corrected chi connectivity index (χ2v) is 7.57. The molecule has 7 heteroatoms. The van der Waals surface area contributed by atoms with Crippen LogP contribution >= 0.6 is 11.6 Å². The zero-order valence-electron chi connectivity index (χ0n) is 16.6. The van der Waals surface area contributed by atoms with Gasteiger partial charge in [-0.05, 0) is 55.3 Å². The summed E-state index contributed by atoms with van der Waals surface area (Å²) in [6.07, 6.45) is 2.19. The Bertz CT molecular complexity index is 870. The number of amides is 2. The van der Waals surface area contributed by atoms with E-state index < -0.39 is 6.10 Å². The zero-order chi connectivity index (χ0) is 20.8. The average molecular weight is 416 g/mol. The SMILES string of the molecule is CCCCC(NCc1ccc2c(c1)NC(=O)C(C)O2)NC(=O)c1ccc(Cl)cc1. The number of unbranched alkanes of at least 4 members (excludes halogenated alkanes) is 1. The van der Waals surface area contributed by atoms with E-state index in [9.17, 15) is 9.59 Å². The highest BCUT2D eigenvalue weighted by Crippen LogP contribution is 2.30. The Hall–Kier alpha value is -2.57. The van der Waals surface area contributed by atoms with E-state index in [1.807, 2.05) is 18.2 Å². The summed E-state index contributed by atoms with van der Waals surface area (Å²) in [6.45, 7) is 4.38. The van der Waals surface area contributed by atoms with Crippen molar-refractivity contribution in [2.75, 3.05) is 5.32 Å². The van der Waals surface area contributed by atoms with Gasteiger partial charge in [0.2, 0.25) is 0 Å². The van der Waals surface area contributed by atoms with Crippen LogP contribution in [-0.2, 0) is 11.3 Å². The fourth-order valence-electron chi connectivity index (χ4n) is 3.08. The number of carbonyl (C=O) groups is 2. The topological polar surface area (TPSA) is 79.5 Å². The number of hydrogen-bond acceptors (Lipinski definition) is 4. The van der Waals surface area contributed by atoms with Gasteiger partial charge in [-0.2, -0.15) is 0 Å². The summed E-state index contributed by atoms with van der Waals surface area (Å²) in [5, 5.41) is 9.90. The molecule has 154 valence electrons. The van der Waals surface area contributed by atoms with E-state index in [4.69, 9.17) is 16.3 Å². The van der Waals surface area contributed by atoms with E-state index in [0.717, 1.165) is 24.8 Å². The van der Waals surface area contributed by atoms with Crippen molar-refractivity contribution < 1.29 is 14.3 Å². The van der Waals surface area contributed by atoms with Crippen LogP contribution in [0.2, 0.25) is 5.02 Å². The second-order valence-electron chi connectivity index (χ2n) is 7.14. The average Bonchev–Trinajstić information content (AvgIpc) is 2.71. The van der Waals surface area contributed by atoms with Crippen LogP contribution in [-0.4, -0.2) is 24.1 Å². The number of fused-ring (bicyclic) bond motifs is 1. The van der Waals surface area contributed by atoms with Gasteiger partial charge in [-0.3, -0.25) is 14.9 Å². The van der Waals surface area contributed by atoms with Gasteiger partial charge in [-0.1, -0.05) is 37.4 Å². The maximum atomic E-state index is 12.5. The van der Waals surface area contributed by atoms with Crippen LogP contribution < -0.4 is 20.7 Å². The molecule has 0 bridgehead atoms. The van der Waals surface area contributed by atoms with Gasteiger partial charge in [0.05, 0.1) is 11.9 Å². The third-order valence-corrected chi connectivity index (χ3v) is 5.04. The quantitative estimate of drug-likeness (QED) is 0.567. The first kappa shape index (κ1) is 21.1. The molecule has 0 saturated heterocycles. The van der Waals surface area contributed by atoms with Crippen molar-refractivity contribution in [2.24, 2.45) is 0 Å². The fourth-order valence-corrected chi connectivity index (χ4v) is 3.21. The molecule has 2 aromatic carbocycles. The van der Waals surface area contributed by atoms with Gasteiger partial charge >= 0.3 is 0 Å². The minimum Gasteiger partial charge on any atom is -0.479 e. The standard InChI is InChI=1S/C22H26ClN3O3/c1-3-4-5-20(26-22(28)16-7-9-17(23)10-8-16)24-13-15-6-11-19-18(12-15)25-21(27)14(2)29-19/h6-12,14,20,24H,3-5,13H2,1-2H3,(H,25,27)(H,26,28). The van der Waals surface area contributed by atoms with Gasteiger partial charge in [0, 0.05) is 17.1 Å². The van der Waals surface area contributed by atoms with Gasteiger partial charge in [-0.15, -0.1) is 0 Å². The first-order valence-corrected chi connectivity index (χ1v) is 10.2. The molecule has 3 N–H and O–H groups in total. The smallest absolute Gasteiger partial charge is 0.265 e. The lowest BCUT2D eigenvalue weighted by molar-refractivity contribution is -0.122. The monoisotopic (exact) mass is 415 g/mol. The summed E-state index contributed by atoms with van der Waals surface area (Å²) in [6, 6.07) is 12.5. The third kappa shape index (κ3) is 5.71. The molecule has 0 saturated carbocycles. The van der Waals surface area contributed by atoms with Gasteiger partial charge in [-0.25, -0.2) is 0 Å². The number of nitrogens with one attached hydrogen (secondary N) is 3. The molecule has 0 spiro atoms. The minimum absolute atomic E-state index is 0.143. The van der Waals surface area contributed by atoms with E-state index in [1.165, 1.54) is 0 Å². The molecular formula is C22H26ClN3O3. The van der Waals surface area contributed by atoms with Crippen molar-refractivity contribution in [3.8, 4) is 5.75 Å². The Kier molecular flexibility index (Phi) is 7.12. The van der Waals surface area contributed by atoms with E-state index in [2.05, 4.69) is 22.9 Å². The summed E-state index contributed by atoms with van der Waals surface area (Å²) < 4.78 is 5.59. The van der Waals surface area contributed by atoms with Crippen LogP contribution in [0.15, 0.2) is 42.5 Å². The molecular weight excluding hydrogens is 390 g/mol. The molecule has 3 rings (SSSR count). The lowest BCUT2D eigenvalue weighted by Crippen LogP contribution is -2.45. The molecule has 2 unspecified atom stereocenters. The summed E-state index contributed by atoms with van der Waals surface area (Å²) in [5.74, 6) is 0.369. The van der Waals surface area contributed by atoms with Crippen molar-refractivity contribution in [3.63, 3.8) is 0 Å². The van der Waals surface area contributed by atoms with Crippen molar-refractivity contribution in [1.82, 2.24) is 10.6 Å². The van der Waals surface area contributed by atoms with Gasteiger partial charge < -0.3 is 15.4 Å². The molecule has 1 aliphatic heterocycles. The Labute approximate surface area is 176 Å². The summed E-state index contributed by atoms with van der Waals surface area (Å²) >= 11 is 5.90. The van der Waals surface area contributed by atoms with Crippen LogP contribution in [0.1, 0.15) is 49.0 Å². The van der Waals surface area contributed by atoms with Crippen LogP contribution in [0, 0.1) is 0 Å². The number of anilines is 1. The number of hydrogen-bond donors (Lipinski definition) is 3. The Balaban J connectivity index is 1.63. The lowest BCUT2D eigenvalue weighted by Gasteiger charge is -2.24. The molecule has 0 radical (unpaired) electrons. The van der Waals surface area contributed by atoms with Gasteiger partial charge in [0.15, 0.2) is 6.10 Å². The molecule has 2 atom stereocenters. The van der Waals surface area contributed by atoms with Gasteiger partial charge in [0.25, 0.3) is 11.8 Å². The molecule has 2 amide bonds. The van der Waals surface area contributed by atoms with E-state index in [1.54, 1.807) is 31.2 Å². The normalized spacial score (nSPS) is 16.4. The number of ether oxygens (including phenoxy) is 1. The summed E-state index contributed by atoms with van der Waals surface area (Å²) in [7, 11) is 0. The maximum absolute atomic E-state index is 12.5. The first-order valence-electron chi connectivity index (χ1n) is 9.86. The van der Waals surface area contributed by atoms with Crippen molar-refractivity contribution in [1.29, 1.82) is 0 Å². The predicted molar refractivity (Wildman–Crippen MR) is 114 cm³/mol. The van der Waals surface area contributed by atoms with Crippen molar-refractivity contribution in [2.45, 2.75) is 51.9 Å². The summed E-state index contributed by atoms with van der Waals surface area (Å²) in [4.78, 5) is 24.4. The Morgan fingerprint density at radius 3 is 2.72 bits per heavy atom. The van der Waals surface area contributed by atoms with E-state index in [0.29, 0.717) is 28.6 Å². The maximum Gasteiger partial charge on any atom is 0.265 e. The Morgan fingerprint density at radius 2 is 2.00 bits per heavy atom. The molecule has 29 heavy (non-hydrogen) atoms. The lowest BCUT2D eigenvalue weighted by atomic mass is 10.1. The highest BCUT2D eigenvalue weighted by atomic mass is 35.5. The molecule has 2 aromatic rings. The molecule has 0 fully saturated rings. The largest absolute Gasteiger partial charge is 0.479 e. The molecule has 1 heterocycles. The number of halogens is 1. The Morgan fingerprint density at radius 1 is 1.24 bits per heavy atom. The van der Waals surface area contributed by atoms with E-state index >= 15 is 0 Å².